The molecule has 0 heterocycles. The third-order valence-electron chi connectivity index (χ3n) is 1.36. The van der Waals surface area contributed by atoms with Gasteiger partial charge in [-0.3, -0.25) is 5.75 Å². The van der Waals surface area contributed by atoms with Crippen LogP contribution in [0.2, 0.25) is 0 Å². The van der Waals surface area contributed by atoms with E-state index in [2.05, 4.69) is 0 Å². The van der Waals surface area contributed by atoms with E-state index in [-0.39, 0.29) is 29.6 Å². The van der Waals surface area contributed by atoms with Gasteiger partial charge in [-0.1, -0.05) is 18.2 Å². The van der Waals surface area contributed by atoms with Crippen molar-refractivity contribution in [2.45, 2.75) is 11.8 Å². The molecule has 0 aromatic heterocycles. The zero-order chi connectivity index (χ0) is 8.97. The van der Waals surface area contributed by atoms with E-state index in [4.69, 9.17) is 5.11 Å². The second-order valence-electron chi connectivity index (χ2n) is 2.15. The van der Waals surface area contributed by atoms with E-state index in [1.54, 1.807) is 18.2 Å². The molecular formula is C9H9NaO2S. The van der Waals surface area contributed by atoms with Crippen molar-refractivity contribution in [2.24, 2.45) is 0 Å². The van der Waals surface area contributed by atoms with Gasteiger partial charge in [0, 0.05) is 0 Å². The Balaban J connectivity index is 0.00000144. The molecule has 64 valence electrons. The molecule has 1 rings (SSSR count). The van der Waals surface area contributed by atoms with Crippen LogP contribution in [-0.2, 0) is 0 Å². The number of carbonyl (C=O) groups is 1. The second kappa shape index (κ2) is 6.49. The molecule has 0 atom stereocenters. The Morgan fingerprint density at radius 1 is 1.46 bits per heavy atom. The second-order valence-corrected chi connectivity index (χ2v) is 3.30. The molecule has 0 radical (unpaired) electrons. The summed E-state index contributed by atoms with van der Waals surface area (Å²) in [7, 11) is 0. The van der Waals surface area contributed by atoms with Crippen molar-refractivity contribution in [3.63, 3.8) is 0 Å². The molecule has 2 nitrogen and oxygen atoms in total. The van der Waals surface area contributed by atoms with Gasteiger partial charge >= 0.3 is 35.5 Å². The summed E-state index contributed by atoms with van der Waals surface area (Å²) in [5.74, 6) is 0.988. The van der Waals surface area contributed by atoms with Crippen LogP contribution in [0.15, 0.2) is 29.2 Å². The zero-order valence-corrected chi connectivity index (χ0v) is 10.5. The van der Waals surface area contributed by atoms with Gasteiger partial charge in [0.15, 0.2) is 0 Å². The topological polar surface area (TPSA) is 37.3 Å². The molecule has 0 saturated heterocycles. The number of carboxylic acid groups (broad SMARTS) is 1. The number of benzene rings is 1. The van der Waals surface area contributed by atoms with Gasteiger partial charge in [-0.25, -0.2) is 4.79 Å². The first kappa shape index (κ1) is 13.0. The van der Waals surface area contributed by atoms with Crippen molar-refractivity contribution in [1.29, 1.82) is 0 Å². The molecule has 0 fully saturated rings. The van der Waals surface area contributed by atoms with E-state index in [0.29, 0.717) is 5.56 Å². The summed E-state index contributed by atoms with van der Waals surface area (Å²) in [5, 5.41) is 8.77. The molecule has 4 heteroatoms. The summed E-state index contributed by atoms with van der Waals surface area (Å²) in [6.45, 7) is 1.88. The molecular weight excluding hydrogens is 195 g/mol. The Labute approximate surface area is 104 Å². The molecule has 1 N–H and O–H groups in total. The van der Waals surface area contributed by atoms with Crippen molar-refractivity contribution < 1.29 is 39.5 Å². The van der Waals surface area contributed by atoms with E-state index in [1.807, 2.05) is 18.7 Å². The molecule has 0 spiro atoms. The van der Waals surface area contributed by atoms with Gasteiger partial charge in [0.1, 0.15) is 0 Å². The first-order chi connectivity index (χ1) is 5.75. The smallest absolute Gasteiger partial charge is 0.478 e. The summed E-state index contributed by atoms with van der Waals surface area (Å²) in [4.78, 5) is 11.5. The summed E-state index contributed by atoms with van der Waals surface area (Å²) < 4.78 is 0. The van der Waals surface area contributed by atoms with Gasteiger partial charge in [0.2, 0.25) is 0 Å². The minimum absolute atomic E-state index is 0. The molecule has 0 aliphatic rings. The van der Waals surface area contributed by atoms with Gasteiger partial charge in [-0.05, 0) is 11.0 Å². The third-order valence-corrected chi connectivity index (χ3v) is 2.21. The van der Waals surface area contributed by atoms with Crippen molar-refractivity contribution in [2.75, 3.05) is 0 Å². The number of hydrogen-bond donors (Lipinski definition) is 1. The van der Waals surface area contributed by atoms with Crippen LogP contribution in [0.3, 0.4) is 0 Å². The molecule has 0 aliphatic heterocycles. The number of thioether (sulfide) groups is 1. The Kier molecular flexibility index (Phi) is 6.51. The van der Waals surface area contributed by atoms with Gasteiger partial charge in [0.25, 0.3) is 0 Å². The van der Waals surface area contributed by atoms with Crippen LogP contribution in [-0.4, -0.2) is 11.1 Å². The Morgan fingerprint density at radius 2 is 2.08 bits per heavy atom. The maximum absolute atomic E-state index is 10.7. The van der Waals surface area contributed by atoms with Crippen molar-refractivity contribution in [1.82, 2.24) is 0 Å². The molecule has 0 amide bonds. The average molecular weight is 204 g/mol. The van der Waals surface area contributed by atoms with Crippen LogP contribution in [0, 0.1) is 5.75 Å². The SMILES string of the molecule is C[CH-]Sc1ccccc1C(=O)O.[Na+]. The van der Waals surface area contributed by atoms with E-state index in [0.717, 1.165) is 4.90 Å². The van der Waals surface area contributed by atoms with Crippen molar-refractivity contribution >= 4 is 17.7 Å². The normalized spacial score (nSPS) is 9.00. The quantitative estimate of drug-likeness (QED) is 0.416. The van der Waals surface area contributed by atoms with Crippen LogP contribution in [0.1, 0.15) is 17.3 Å². The van der Waals surface area contributed by atoms with Gasteiger partial charge in [-0.15, -0.1) is 0 Å². The van der Waals surface area contributed by atoms with E-state index < -0.39 is 5.97 Å². The maximum atomic E-state index is 10.7. The van der Waals surface area contributed by atoms with Crippen LogP contribution in [0.5, 0.6) is 0 Å². The summed E-state index contributed by atoms with van der Waals surface area (Å²) in [6, 6.07) is 6.96. The minimum atomic E-state index is -0.875. The Morgan fingerprint density at radius 3 is 2.62 bits per heavy atom. The van der Waals surface area contributed by atoms with Crippen LogP contribution < -0.4 is 29.6 Å². The van der Waals surface area contributed by atoms with Gasteiger partial charge in [-0.2, -0.15) is 6.92 Å². The standard InChI is InChI=1S/C9H9O2S.Na/c1-2-12-8-6-4-3-5-7(8)9(10)11;/h2-6H,1H3,(H,10,11);/q-1;+1. The Bertz CT molecular complexity index is 289. The maximum Gasteiger partial charge on any atom is 1.00 e. The monoisotopic (exact) mass is 204 g/mol. The van der Waals surface area contributed by atoms with Gasteiger partial charge < -0.3 is 16.9 Å². The fourth-order valence-corrected chi connectivity index (χ4v) is 1.57. The van der Waals surface area contributed by atoms with Crippen LogP contribution >= 0.6 is 11.8 Å². The molecule has 0 saturated carbocycles. The zero-order valence-electron chi connectivity index (χ0n) is 7.65. The van der Waals surface area contributed by atoms with Crippen LogP contribution in [0.4, 0.5) is 0 Å². The number of rotatable bonds is 3. The van der Waals surface area contributed by atoms with Crippen molar-refractivity contribution in [3.05, 3.63) is 35.6 Å². The van der Waals surface area contributed by atoms with E-state index in [9.17, 15) is 4.79 Å². The molecule has 0 unspecified atom stereocenters. The first-order valence-corrected chi connectivity index (χ1v) is 4.40. The molecule has 1 aromatic carbocycles. The Hall–Kier alpha value is 0.0400. The van der Waals surface area contributed by atoms with E-state index >= 15 is 0 Å². The fraction of sp³-hybridized carbons (Fsp3) is 0.111. The molecule has 1 aromatic rings. The van der Waals surface area contributed by atoms with Gasteiger partial charge in [0.05, 0.1) is 5.56 Å². The minimum Gasteiger partial charge on any atom is -0.478 e. The number of aromatic carboxylic acids is 1. The predicted molar refractivity (Wildman–Crippen MR) is 49.2 cm³/mol. The number of carboxylic acids is 1. The number of hydrogen-bond acceptors (Lipinski definition) is 2. The van der Waals surface area contributed by atoms with Crippen LogP contribution in [0.25, 0.3) is 0 Å². The van der Waals surface area contributed by atoms with E-state index in [1.165, 1.54) is 11.8 Å². The largest absolute Gasteiger partial charge is 1.00 e. The third kappa shape index (κ3) is 3.73. The summed E-state index contributed by atoms with van der Waals surface area (Å²) in [6.07, 6.45) is 0. The first-order valence-electron chi connectivity index (χ1n) is 3.52. The average Bonchev–Trinajstić information content (AvgIpc) is 2.05. The van der Waals surface area contributed by atoms with Crippen molar-refractivity contribution in [3.8, 4) is 0 Å². The fourth-order valence-electron chi connectivity index (χ4n) is 0.873. The molecule has 0 bridgehead atoms. The predicted octanol–water partition coefficient (Wildman–Crippen LogP) is -0.337. The summed E-state index contributed by atoms with van der Waals surface area (Å²) >= 11 is 1.42. The summed E-state index contributed by atoms with van der Waals surface area (Å²) in [5.41, 5.74) is 0.362. The molecule has 13 heavy (non-hydrogen) atoms. The molecule has 0 aliphatic carbocycles.